The van der Waals surface area contributed by atoms with Crippen molar-refractivity contribution in [3.8, 4) is 5.75 Å². The molecular formula is C26H25NO6. The van der Waals surface area contributed by atoms with Gasteiger partial charge in [-0.2, -0.15) is 0 Å². The Balaban J connectivity index is 1.25. The minimum Gasteiger partial charge on any atom is -0.484 e. The average molecular weight is 447 g/mol. The Morgan fingerprint density at radius 3 is 2.48 bits per heavy atom. The maximum atomic E-state index is 12.7. The van der Waals surface area contributed by atoms with E-state index >= 15 is 0 Å². The third-order valence-corrected chi connectivity index (χ3v) is 7.01. The monoisotopic (exact) mass is 447 g/mol. The lowest BCUT2D eigenvalue weighted by Gasteiger charge is -2.39. The van der Waals surface area contributed by atoms with Crippen molar-refractivity contribution in [1.82, 2.24) is 4.90 Å². The number of piperidine rings is 1. The number of aliphatic carboxylic acids is 1. The van der Waals surface area contributed by atoms with Crippen molar-refractivity contribution in [1.29, 1.82) is 0 Å². The Kier molecular flexibility index (Phi) is 5.40. The van der Waals surface area contributed by atoms with E-state index in [1.807, 2.05) is 36.4 Å². The molecule has 170 valence electrons. The first-order valence-corrected chi connectivity index (χ1v) is 11.3. The van der Waals surface area contributed by atoms with Crippen LogP contribution in [0.4, 0.5) is 0 Å². The van der Waals surface area contributed by atoms with Gasteiger partial charge in [-0.1, -0.05) is 30.3 Å². The van der Waals surface area contributed by atoms with Gasteiger partial charge < -0.3 is 19.2 Å². The van der Waals surface area contributed by atoms with E-state index in [0.29, 0.717) is 37.3 Å². The molecule has 1 aliphatic carbocycles. The molecule has 2 aliphatic rings. The van der Waals surface area contributed by atoms with Crippen LogP contribution in [0.3, 0.4) is 0 Å². The van der Waals surface area contributed by atoms with Gasteiger partial charge in [0.15, 0.2) is 6.61 Å². The molecule has 0 spiro atoms. The molecule has 0 bridgehead atoms. The molecule has 1 aromatic heterocycles. The minimum absolute atomic E-state index is 0.161. The summed E-state index contributed by atoms with van der Waals surface area (Å²) in [4.78, 5) is 38.7. The molecule has 2 heterocycles. The van der Waals surface area contributed by atoms with Gasteiger partial charge in [0, 0.05) is 30.1 Å². The fourth-order valence-electron chi connectivity index (χ4n) is 5.11. The van der Waals surface area contributed by atoms with Crippen LogP contribution < -0.4 is 10.4 Å². The quantitative estimate of drug-likeness (QED) is 0.603. The summed E-state index contributed by atoms with van der Waals surface area (Å²) in [5, 5.41) is 10.8. The summed E-state index contributed by atoms with van der Waals surface area (Å²) < 4.78 is 11.2. The van der Waals surface area contributed by atoms with Crippen LogP contribution in [-0.4, -0.2) is 41.6 Å². The highest BCUT2D eigenvalue weighted by molar-refractivity contribution is 5.84. The predicted octanol–water partition coefficient (Wildman–Crippen LogP) is 3.31. The highest BCUT2D eigenvalue weighted by Crippen LogP contribution is 2.36. The number of carbonyl (C=O) groups excluding carboxylic acids is 1. The van der Waals surface area contributed by atoms with E-state index in [2.05, 4.69) is 0 Å². The SMILES string of the molecule is O=C(COc1ccc2c3c(c(=O)oc2c1)CCC3)N1CCC(C(=O)O)(c2ccccc2)CC1. The number of carboxylic acids is 1. The molecular weight excluding hydrogens is 422 g/mol. The maximum Gasteiger partial charge on any atom is 0.339 e. The second kappa shape index (κ2) is 8.39. The van der Waals surface area contributed by atoms with Crippen LogP contribution in [0.2, 0.25) is 0 Å². The van der Waals surface area contributed by atoms with Gasteiger partial charge in [-0.15, -0.1) is 0 Å². The largest absolute Gasteiger partial charge is 0.484 e. The van der Waals surface area contributed by atoms with Crippen LogP contribution in [0, 0.1) is 0 Å². The third-order valence-electron chi connectivity index (χ3n) is 7.01. The number of ether oxygens (including phenoxy) is 1. The summed E-state index contributed by atoms with van der Waals surface area (Å²) in [5.41, 5.74) is 1.79. The second-order valence-corrected chi connectivity index (χ2v) is 8.78. The van der Waals surface area contributed by atoms with Gasteiger partial charge in [-0.05, 0) is 55.4 Å². The zero-order chi connectivity index (χ0) is 23.0. The highest BCUT2D eigenvalue weighted by Gasteiger charge is 2.43. The highest BCUT2D eigenvalue weighted by atomic mass is 16.5. The normalized spacial score (nSPS) is 17.0. The molecule has 1 aliphatic heterocycles. The number of likely N-dealkylation sites (tertiary alicyclic amines) is 1. The van der Waals surface area contributed by atoms with Crippen molar-refractivity contribution in [3.63, 3.8) is 0 Å². The number of nitrogens with zero attached hydrogens (tertiary/aromatic N) is 1. The van der Waals surface area contributed by atoms with Crippen LogP contribution in [0.15, 0.2) is 57.7 Å². The number of rotatable bonds is 5. The van der Waals surface area contributed by atoms with Crippen LogP contribution in [0.1, 0.15) is 36.0 Å². The molecule has 7 nitrogen and oxygen atoms in total. The topological polar surface area (TPSA) is 97.1 Å². The van der Waals surface area contributed by atoms with E-state index in [9.17, 15) is 19.5 Å². The summed E-state index contributed by atoms with van der Waals surface area (Å²) in [6, 6.07) is 14.5. The standard InChI is InChI=1S/C26H25NO6/c28-23(27-13-11-26(12-14-27,25(30)31)17-5-2-1-3-6-17)16-32-18-9-10-20-19-7-4-8-21(19)24(29)33-22(20)15-18/h1-3,5-6,9-10,15H,4,7-8,11-14,16H2,(H,30,31). The first kappa shape index (κ1) is 21.2. The Morgan fingerprint density at radius 1 is 1.03 bits per heavy atom. The number of aryl methyl sites for hydroxylation is 1. The molecule has 0 atom stereocenters. The molecule has 0 radical (unpaired) electrons. The van der Waals surface area contributed by atoms with Crippen molar-refractivity contribution in [2.45, 2.75) is 37.5 Å². The summed E-state index contributed by atoms with van der Waals surface area (Å²) in [7, 11) is 0. The zero-order valence-electron chi connectivity index (χ0n) is 18.2. The molecule has 1 saturated heterocycles. The van der Waals surface area contributed by atoms with Gasteiger partial charge in [-0.3, -0.25) is 9.59 Å². The maximum absolute atomic E-state index is 12.7. The Hall–Kier alpha value is -3.61. The summed E-state index contributed by atoms with van der Waals surface area (Å²) in [6.45, 7) is 0.538. The van der Waals surface area contributed by atoms with Gasteiger partial charge in [-0.25, -0.2) is 4.79 Å². The lowest BCUT2D eigenvalue weighted by molar-refractivity contribution is -0.148. The molecule has 7 heteroatoms. The van der Waals surface area contributed by atoms with Gasteiger partial charge in [0.25, 0.3) is 5.91 Å². The molecule has 33 heavy (non-hydrogen) atoms. The molecule has 0 unspecified atom stereocenters. The number of amides is 1. The van der Waals surface area contributed by atoms with Gasteiger partial charge in [0.1, 0.15) is 11.3 Å². The van der Waals surface area contributed by atoms with E-state index in [4.69, 9.17) is 9.15 Å². The lowest BCUT2D eigenvalue weighted by atomic mass is 9.73. The van der Waals surface area contributed by atoms with Crippen LogP contribution in [0.25, 0.3) is 11.0 Å². The van der Waals surface area contributed by atoms with E-state index in [1.165, 1.54) is 0 Å². The molecule has 1 fully saturated rings. The molecule has 1 N–H and O–H groups in total. The van der Waals surface area contributed by atoms with Crippen molar-refractivity contribution in [3.05, 3.63) is 75.6 Å². The smallest absolute Gasteiger partial charge is 0.339 e. The van der Waals surface area contributed by atoms with Gasteiger partial charge >= 0.3 is 11.6 Å². The lowest BCUT2D eigenvalue weighted by Crippen LogP contribution is -2.50. The molecule has 1 amide bonds. The second-order valence-electron chi connectivity index (χ2n) is 8.78. The number of benzene rings is 2. The zero-order valence-corrected chi connectivity index (χ0v) is 18.2. The van der Waals surface area contributed by atoms with E-state index < -0.39 is 11.4 Å². The number of carboxylic acid groups (broad SMARTS) is 1. The summed E-state index contributed by atoms with van der Waals surface area (Å²) >= 11 is 0. The van der Waals surface area contributed by atoms with Gasteiger partial charge in [0.05, 0.1) is 5.41 Å². The predicted molar refractivity (Wildman–Crippen MR) is 122 cm³/mol. The van der Waals surface area contributed by atoms with Crippen LogP contribution in [0.5, 0.6) is 5.75 Å². The summed E-state index contributed by atoms with van der Waals surface area (Å²) in [5.74, 6) is -0.600. The Labute approximate surface area is 190 Å². The fraction of sp³-hybridized carbons (Fsp3) is 0.346. The fourth-order valence-corrected chi connectivity index (χ4v) is 5.11. The number of fused-ring (bicyclic) bond motifs is 3. The third kappa shape index (κ3) is 3.77. The Bertz CT molecular complexity index is 1270. The van der Waals surface area contributed by atoms with Crippen molar-refractivity contribution in [2.75, 3.05) is 19.7 Å². The molecule has 2 aromatic carbocycles. The van der Waals surface area contributed by atoms with Crippen molar-refractivity contribution >= 4 is 22.8 Å². The van der Waals surface area contributed by atoms with E-state index in [0.717, 1.165) is 41.3 Å². The first-order valence-electron chi connectivity index (χ1n) is 11.3. The van der Waals surface area contributed by atoms with Crippen molar-refractivity contribution in [2.24, 2.45) is 0 Å². The molecule has 0 saturated carbocycles. The van der Waals surface area contributed by atoms with Crippen molar-refractivity contribution < 1.29 is 23.8 Å². The van der Waals surface area contributed by atoms with E-state index in [-0.39, 0.29) is 18.1 Å². The number of hydrogen-bond donors (Lipinski definition) is 1. The molecule has 3 aromatic rings. The van der Waals surface area contributed by atoms with Gasteiger partial charge in [0.2, 0.25) is 0 Å². The minimum atomic E-state index is -0.977. The number of carbonyl (C=O) groups is 2. The first-order chi connectivity index (χ1) is 16.0. The molecule has 5 rings (SSSR count). The van der Waals surface area contributed by atoms with E-state index in [1.54, 1.807) is 17.0 Å². The summed E-state index contributed by atoms with van der Waals surface area (Å²) in [6.07, 6.45) is 3.28. The van der Waals surface area contributed by atoms with Crippen LogP contribution in [-0.2, 0) is 27.8 Å². The Morgan fingerprint density at radius 2 is 1.76 bits per heavy atom. The average Bonchev–Trinajstić information content (AvgIpc) is 3.34. The number of hydrogen-bond acceptors (Lipinski definition) is 5. The van der Waals surface area contributed by atoms with Crippen LogP contribution >= 0.6 is 0 Å².